The minimum absolute atomic E-state index is 0.327. The van der Waals surface area contributed by atoms with Gasteiger partial charge in [0, 0.05) is 6.54 Å². The number of rotatable bonds is 6. The van der Waals surface area contributed by atoms with Gasteiger partial charge >= 0.3 is 0 Å². The summed E-state index contributed by atoms with van der Waals surface area (Å²) < 4.78 is 19.1. The van der Waals surface area contributed by atoms with Crippen LogP contribution in [0, 0.1) is 11.7 Å². The van der Waals surface area contributed by atoms with Crippen LogP contribution in [0.5, 0.6) is 11.6 Å². The van der Waals surface area contributed by atoms with Crippen LogP contribution < -0.4 is 10.1 Å². The molecule has 0 aliphatic carbocycles. The van der Waals surface area contributed by atoms with E-state index in [1.54, 1.807) is 18.5 Å². The average molecular weight is 354 g/mol. The molecule has 1 N–H and O–H groups in total. The van der Waals surface area contributed by atoms with E-state index in [4.69, 9.17) is 4.74 Å². The zero-order chi connectivity index (χ0) is 15.2. The van der Waals surface area contributed by atoms with Crippen LogP contribution >= 0.6 is 15.9 Å². The molecule has 0 fully saturated rings. The highest BCUT2D eigenvalue weighted by atomic mass is 79.9. The van der Waals surface area contributed by atoms with Crippen LogP contribution in [0.2, 0.25) is 0 Å². The Morgan fingerprint density at radius 1 is 1.29 bits per heavy atom. The van der Waals surface area contributed by atoms with Crippen molar-refractivity contribution in [3.05, 3.63) is 46.6 Å². The zero-order valence-corrected chi connectivity index (χ0v) is 13.5. The molecular weight excluding hydrogens is 337 g/mol. The summed E-state index contributed by atoms with van der Waals surface area (Å²) in [6, 6.07) is 4.21. The second-order valence-corrected chi connectivity index (χ2v) is 5.90. The monoisotopic (exact) mass is 353 g/mol. The molecule has 0 saturated carbocycles. The van der Waals surface area contributed by atoms with E-state index in [9.17, 15) is 4.39 Å². The Balaban J connectivity index is 1.95. The van der Waals surface area contributed by atoms with Gasteiger partial charge in [-0.3, -0.25) is 4.98 Å². The Bertz CT molecular complexity index is 590. The lowest BCUT2D eigenvalue weighted by molar-refractivity contribution is 0.453. The van der Waals surface area contributed by atoms with Crippen molar-refractivity contribution in [3.63, 3.8) is 0 Å². The molecule has 2 rings (SSSR count). The van der Waals surface area contributed by atoms with E-state index in [-0.39, 0.29) is 5.82 Å². The van der Waals surface area contributed by atoms with Crippen molar-refractivity contribution < 1.29 is 9.13 Å². The van der Waals surface area contributed by atoms with E-state index in [1.807, 2.05) is 0 Å². The first-order valence-electron chi connectivity index (χ1n) is 6.69. The van der Waals surface area contributed by atoms with Gasteiger partial charge in [0.1, 0.15) is 11.6 Å². The van der Waals surface area contributed by atoms with Crippen molar-refractivity contribution >= 4 is 15.9 Å². The summed E-state index contributed by atoms with van der Waals surface area (Å²) in [6.45, 7) is 5.90. The minimum atomic E-state index is -0.327. The van der Waals surface area contributed by atoms with Gasteiger partial charge in [0.15, 0.2) is 0 Å². The Labute approximate surface area is 131 Å². The van der Waals surface area contributed by atoms with Crippen molar-refractivity contribution in [1.82, 2.24) is 15.3 Å². The number of nitrogens with zero attached hydrogens (tertiary/aromatic N) is 2. The smallest absolute Gasteiger partial charge is 0.237 e. The highest BCUT2D eigenvalue weighted by Gasteiger charge is 2.06. The van der Waals surface area contributed by atoms with Gasteiger partial charge in [-0.15, -0.1) is 0 Å². The van der Waals surface area contributed by atoms with Gasteiger partial charge in [0.25, 0.3) is 0 Å². The lowest BCUT2D eigenvalue weighted by Gasteiger charge is -2.08. The molecule has 0 saturated heterocycles. The number of nitrogens with one attached hydrogen (secondary N) is 1. The van der Waals surface area contributed by atoms with E-state index in [0.29, 0.717) is 28.6 Å². The van der Waals surface area contributed by atoms with Crippen molar-refractivity contribution in [2.45, 2.75) is 20.4 Å². The predicted octanol–water partition coefficient (Wildman–Crippen LogP) is 3.92. The van der Waals surface area contributed by atoms with Gasteiger partial charge in [0.2, 0.25) is 5.88 Å². The fourth-order valence-electron chi connectivity index (χ4n) is 1.65. The van der Waals surface area contributed by atoms with Crippen LogP contribution in [0.4, 0.5) is 4.39 Å². The van der Waals surface area contributed by atoms with Crippen molar-refractivity contribution in [2.75, 3.05) is 6.54 Å². The van der Waals surface area contributed by atoms with E-state index >= 15 is 0 Å². The maximum absolute atomic E-state index is 13.0. The normalized spacial score (nSPS) is 10.9. The Morgan fingerprint density at radius 3 is 2.71 bits per heavy atom. The van der Waals surface area contributed by atoms with Crippen LogP contribution in [0.15, 0.2) is 35.1 Å². The molecule has 112 valence electrons. The molecule has 4 nitrogen and oxygen atoms in total. The molecule has 21 heavy (non-hydrogen) atoms. The molecule has 0 aliphatic rings. The quantitative estimate of drug-likeness (QED) is 0.854. The average Bonchev–Trinajstić information content (AvgIpc) is 2.43. The number of hydrogen-bond acceptors (Lipinski definition) is 4. The molecule has 0 radical (unpaired) electrons. The number of hydrogen-bond donors (Lipinski definition) is 1. The van der Waals surface area contributed by atoms with Gasteiger partial charge in [-0.05, 0) is 46.6 Å². The van der Waals surface area contributed by atoms with Crippen LogP contribution in [0.1, 0.15) is 19.5 Å². The molecule has 0 atom stereocenters. The third-order valence-corrected chi connectivity index (χ3v) is 3.27. The highest BCUT2D eigenvalue weighted by molar-refractivity contribution is 9.10. The predicted molar refractivity (Wildman–Crippen MR) is 82.8 cm³/mol. The van der Waals surface area contributed by atoms with Crippen LogP contribution in [-0.4, -0.2) is 16.5 Å². The maximum Gasteiger partial charge on any atom is 0.237 e. The number of benzene rings is 1. The molecule has 0 amide bonds. The molecule has 6 heteroatoms. The van der Waals surface area contributed by atoms with Gasteiger partial charge in [-0.1, -0.05) is 13.8 Å². The first-order valence-corrected chi connectivity index (χ1v) is 7.48. The third kappa shape index (κ3) is 5.06. The van der Waals surface area contributed by atoms with Crippen LogP contribution in [-0.2, 0) is 6.54 Å². The number of halogens is 2. The zero-order valence-electron chi connectivity index (χ0n) is 11.9. The van der Waals surface area contributed by atoms with Gasteiger partial charge in [-0.25, -0.2) is 9.37 Å². The summed E-state index contributed by atoms with van der Waals surface area (Å²) in [7, 11) is 0. The van der Waals surface area contributed by atoms with Crippen LogP contribution in [0.3, 0.4) is 0 Å². The first kappa shape index (κ1) is 15.9. The van der Waals surface area contributed by atoms with Gasteiger partial charge in [-0.2, -0.15) is 0 Å². The fourth-order valence-corrected chi connectivity index (χ4v) is 2.08. The van der Waals surface area contributed by atoms with E-state index in [0.717, 1.165) is 12.2 Å². The van der Waals surface area contributed by atoms with E-state index in [1.165, 1.54) is 12.1 Å². The summed E-state index contributed by atoms with van der Waals surface area (Å²) in [5.41, 5.74) is 0.848. The number of ether oxygens (including phenoxy) is 1. The lowest BCUT2D eigenvalue weighted by Crippen LogP contribution is -2.19. The summed E-state index contributed by atoms with van der Waals surface area (Å²) in [5.74, 6) is 1.13. The molecule has 0 unspecified atom stereocenters. The van der Waals surface area contributed by atoms with E-state index in [2.05, 4.69) is 45.1 Å². The second kappa shape index (κ2) is 7.47. The number of aromatic nitrogens is 2. The third-order valence-electron chi connectivity index (χ3n) is 2.65. The Hall–Kier alpha value is -1.53. The summed E-state index contributed by atoms with van der Waals surface area (Å²) in [6.07, 6.45) is 3.22. The first-order chi connectivity index (χ1) is 10.0. The molecule has 0 spiro atoms. The molecule has 0 aliphatic heterocycles. The summed E-state index contributed by atoms with van der Waals surface area (Å²) >= 11 is 3.24. The molecule has 1 aromatic heterocycles. The summed E-state index contributed by atoms with van der Waals surface area (Å²) in [4.78, 5) is 8.48. The van der Waals surface area contributed by atoms with E-state index < -0.39 is 0 Å². The standard InChI is InChI=1S/C15H17BrFN3O/c1-10(2)6-18-7-12-8-20-15(9-19-12)21-14-4-3-11(17)5-13(14)16/h3-5,8-10,18H,6-7H2,1-2H3. The molecule has 0 bridgehead atoms. The van der Waals surface area contributed by atoms with Crippen molar-refractivity contribution in [3.8, 4) is 11.6 Å². The Kier molecular flexibility index (Phi) is 5.64. The molecule has 1 heterocycles. The van der Waals surface area contributed by atoms with Crippen LogP contribution in [0.25, 0.3) is 0 Å². The second-order valence-electron chi connectivity index (χ2n) is 5.05. The SMILES string of the molecule is CC(C)CNCc1cnc(Oc2ccc(F)cc2Br)cn1. The molecule has 2 aromatic rings. The van der Waals surface area contributed by atoms with Crippen molar-refractivity contribution in [1.29, 1.82) is 0 Å². The fraction of sp³-hybridized carbons (Fsp3) is 0.333. The Morgan fingerprint density at radius 2 is 2.10 bits per heavy atom. The van der Waals surface area contributed by atoms with Gasteiger partial charge in [0.05, 0.1) is 22.6 Å². The topological polar surface area (TPSA) is 47.0 Å². The molecule has 1 aromatic carbocycles. The lowest BCUT2D eigenvalue weighted by atomic mass is 10.2. The minimum Gasteiger partial charge on any atom is -0.436 e. The van der Waals surface area contributed by atoms with Gasteiger partial charge < -0.3 is 10.1 Å². The summed E-state index contributed by atoms with van der Waals surface area (Å²) in [5, 5.41) is 3.29. The molecular formula is C15H17BrFN3O. The largest absolute Gasteiger partial charge is 0.436 e. The highest BCUT2D eigenvalue weighted by Crippen LogP contribution is 2.28. The maximum atomic E-state index is 13.0. The van der Waals surface area contributed by atoms with Crippen molar-refractivity contribution in [2.24, 2.45) is 5.92 Å².